The van der Waals surface area contributed by atoms with Gasteiger partial charge in [0.25, 0.3) is 0 Å². The number of sulfonamides is 1. The van der Waals surface area contributed by atoms with Gasteiger partial charge < -0.3 is 5.32 Å². The number of hydrogen-bond donors (Lipinski definition) is 1. The Morgan fingerprint density at radius 1 is 1.10 bits per heavy atom. The van der Waals surface area contributed by atoms with Crippen LogP contribution < -0.4 is 5.32 Å². The second kappa shape index (κ2) is 8.72. The molecular weight excluding hydrogens is 406 g/mol. The first-order valence-electron chi connectivity index (χ1n) is 9.35. The molecule has 0 saturated carbocycles. The van der Waals surface area contributed by atoms with Gasteiger partial charge in [-0.05, 0) is 55.8 Å². The number of Topliss-reactive ketones (excluding diaryl/α,β-unsaturated/α-hetero) is 1. The van der Waals surface area contributed by atoms with Crippen molar-refractivity contribution in [3.8, 4) is 0 Å². The topological polar surface area (TPSA) is 114 Å². The Kier molecular flexibility index (Phi) is 6.28. The highest BCUT2D eigenvalue weighted by Crippen LogP contribution is 2.19. The van der Waals surface area contributed by atoms with E-state index in [1.807, 2.05) is 0 Å². The van der Waals surface area contributed by atoms with Crippen molar-refractivity contribution in [2.24, 2.45) is 0 Å². The number of carbonyl (C=O) groups excluding carboxylic acids is 2. The molecule has 0 spiro atoms. The molecule has 0 unspecified atom stereocenters. The fourth-order valence-electron chi connectivity index (χ4n) is 2.89. The van der Waals surface area contributed by atoms with Crippen LogP contribution in [0, 0.1) is 0 Å². The molecule has 30 heavy (non-hydrogen) atoms. The molecule has 3 aromatic rings. The largest absolute Gasteiger partial charge is 0.326 e. The lowest BCUT2D eigenvalue weighted by atomic mass is 10.1. The molecule has 0 radical (unpaired) electrons. The molecule has 0 fully saturated rings. The summed E-state index contributed by atoms with van der Waals surface area (Å²) in [5, 5.41) is 10.9. The molecule has 0 saturated heterocycles. The van der Waals surface area contributed by atoms with Crippen molar-refractivity contribution in [3.63, 3.8) is 0 Å². The van der Waals surface area contributed by atoms with Gasteiger partial charge in [-0.25, -0.2) is 17.4 Å². The highest BCUT2D eigenvalue weighted by molar-refractivity contribution is 7.89. The van der Waals surface area contributed by atoms with E-state index in [1.54, 1.807) is 35.0 Å². The van der Waals surface area contributed by atoms with Gasteiger partial charge in [-0.2, -0.15) is 0 Å². The van der Waals surface area contributed by atoms with E-state index in [4.69, 9.17) is 0 Å². The number of benzene rings is 2. The third kappa shape index (κ3) is 4.71. The van der Waals surface area contributed by atoms with Crippen LogP contribution in [-0.4, -0.2) is 53.5 Å². The van der Waals surface area contributed by atoms with E-state index in [-0.39, 0.29) is 23.0 Å². The number of hydrogen-bond acceptors (Lipinski definition) is 6. The SMILES string of the molecule is CC(=O)c1ccc(NC(=O)CCCn2nnc3cc(S(=O)(=O)N(C)C)ccc32)cc1. The fraction of sp³-hybridized carbons (Fsp3) is 0.300. The zero-order valence-electron chi connectivity index (χ0n) is 17.0. The van der Waals surface area contributed by atoms with Gasteiger partial charge in [0.15, 0.2) is 5.78 Å². The Balaban J connectivity index is 1.59. The maximum Gasteiger partial charge on any atom is 0.242 e. The first-order chi connectivity index (χ1) is 14.2. The highest BCUT2D eigenvalue weighted by Gasteiger charge is 2.18. The average Bonchev–Trinajstić information content (AvgIpc) is 3.10. The first kappa shape index (κ1) is 21.6. The number of fused-ring (bicyclic) bond motifs is 1. The van der Waals surface area contributed by atoms with E-state index in [0.717, 1.165) is 4.31 Å². The van der Waals surface area contributed by atoms with Gasteiger partial charge in [0.2, 0.25) is 15.9 Å². The molecule has 0 aliphatic carbocycles. The number of carbonyl (C=O) groups is 2. The number of anilines is 1. The van der Waals surface area contributed by atoms with Crippen LogP contribution in [0.25, 0.3) is 11.0 Å². The summed E-state index contributed by atoms with van der Waals surface area (Å²) in [6, 6.07) is 11.4. The van der Waals surface area contributed by atoms with Crippen molar-refractivity contribution in [2.45, 2.75) is 31.2 Å². The van der Waals surface area contributed by atoms with Crippen LogP contribution in [0.15, 0.2) is 47.4 Å². The number of nitrogens with zero attached hydrogens (tertiary/aromatic N) is 4. The van der Waals surface area contributed by atoms with Crippen LogP contribution in [0.2, 0.25) is 0 Å². The normalized spacial score (nSPS) is 11.7. The van der Waals surface area contributed by atoms with Crippen molar-refractivity contribution in [1.82, 2.24) is 19.3 Å². The Bertz CT molecular complexity index is 1180. The molecule has 158 valence electrons. The zero-order valence-corrected chi connectivity index (χ0v) is 17.8. The molecule has 2 aromatic carbocycles. The molecule has 3 rings (SSSR count). The minimum absolute atomic E-state index is 0.0284. The lowest BCUT2D eigenvalue weighted by Gasteiger charge is -2.11. The molecule has 0 aliphatic rings. The van der Waals surface area contributed by atoms with Gasteiger partial charge in [-0.1, -0.05) is 5.21 Å². The molecule has 10 heteroatoms. The lowest BCUT2D eigenvalue weighted by molar-refractivity contribution is -0.116. The molecule has 1 N–H and O–H groups in total. The molecular formula is C20H23N5O4S. The summed E-state index contributed by atoms with van der Waals surface area (Å²) in [5.41, 5.74) is 2.40. The zero-order chi connectivity index (χ0) is 21.9. The van der Waals surface area contributed by atoms with Crippen molar-refractivity contribution < 1.29 is 18.0 Å². The standard InChI is InChI=1S/C20H23N5O4S/c1-14(26)15-6-8-16(9-7-15)21-20(27)5-4-12-25-19-11-10-17(13-18(19)22-23-25)30(28,29)24(2)3/h6-11,13H,4-5,12H2,1-3H3,(H,21,27). The van der Waals surface area contributed by atoms with E-state index in [9.17, 15) is 18.0 Å². The van der Waals surface area contributed by atoms with Crippen LogP contribution >= 0.6 is 0 Å². The van der Waals surface area contributed by atoms with E-state index in [0.29, 0.717) is 35.2 Å². The molecule has 1 heterocycles. The smallest absolute Gasteiger partial charge is 0.242 e. The van der Waals surface area contributed by atoms with Gasteiger partial charge in [-0.3, -0.25) is 9.59 Å². The first-order valence-corrected chi connectivity index (χ1v) is 10.8. The Morgan fingerprint density at radius 2 is 1.80 bits per heavy atom. The molecule has 0 atom stereocenters. The summed E-state index contributed by atoms with van der Waals surface area (Å²) in [6.07, 6.45) is 0.816. The molecule has 0 bridgehead atoms. The van der Waals surface area contributed by atoms with Gasteiger partial charge in [-0.15, -0.1) is 5.10 Å². The van der Waals surface area contributed by atoms with Gasteiger partial charge in [0, 0.05) is 38.3 Å². The van der Waals surface area contributed by atoms with Crippen LogP contribution in [-0.2, 0) is 21.4 Å². The van der Waals surface area contributed by atoms with E-state index in [1.165, 1.54) is 33.2 Å². The van der Waals surface area contributed by atoms with Crippen LogP contribution in [0.4, 0.5) is 5.69 Å². The third-order valence-corrected chi connectivity index (χ3v) is 6.42. The van der Waals surface area contributed by atoms with Gasteiger partial charge in [0.05, 0.1) is 10.4 Å². The van der Waals surface area contributed by atoms with E-state index < -0.39 is 10.0 Å². The minimum atomic E-state index is -3.54. The van der Waals surface area contributed by atoms with Crippen molar-refractivity contribution in [1.29, 1.82) is 0 Å². The van der Waals surface area contributed by atoms with Crippen molar-refractivity contribution >= 4 is 38.4 Å². The van der Waals surface area contributed by atoms with Crippen LogP contribution in [0.1, 0.15) is 30.1 Å². The predicted octanol–water partition coefficient (Wildman–Crippen LogP) is 2.30. The van der Waals surface area contributed by atoms with Gasteiger partial charge >= 0.3 is 0 Å². The summed E-state index contributed by atoms with van der Waals surface area (Å²) in [6.45, 7) is 1.95. The summed E-state index contributed by atoms with van der Waals surface area (Å²) < 4.78 is 27.3. The second-order valence-electron chi connectivity index (χ2n) is 7.04. The van der Waals surface area contributed by atoms with Crippen molar-refractivity contribution in [2.75, 3.05) is 19.4 Å². The number of aromatic nitrogens is 3. The van der Waals surface area contributed by atoms with Crippen LogP contribution in [0.5, 0.6) is 0 Å². The maximum atomic E-state index is 12.2. The van der Waals surface area contributed by atoms with E-state index in [2.05, 4.69) is 15.6 Å². The number of nitrogens with one attached hydrogen (secondary N) is 1. The predicted molar refractivity (Wildman–Crippen MR) is 113 cm³/mol. The summed E-state index contributed by atoms with van der Waals surface area (Å²) >= 11 is 0. The second-order valence-corrected chi connectivity index (χ2v) is 9.19. The van der Waals surface area contributed by atoms with Crippen LogP contribution in [0.3, 0.4) is 0 Å². The highest BCUT2D eigenvalue weighted by atomic mass is 32.2. The Hall–Kier alpha value is -3.11. The maximum absolute atomic E-state index is 12.2. The fourth-order valence-corrected chi connectivity index (χ4v) is 3.81. The molecule has 0 aliphatic heterocycles. The minimum Gasteiger partial charge on any atom is -0.326 e. The Morgan fingerprint density at radius 3 is 2.43 bits per heavy atom. The average molecular weight is 430 g/mol. The number of rotatable bonds is 8. The molecule has 9 nitrogen and oxygen atoms in total. The Labute approximate surface area is 174 Å². The monoisotopic (exact) mass is 429 g/mol. The number of amides is 1. The number of ketones is 1. The van der Waals surface area contributed by atoms with Crippen molar-refractivity contribution in [3.05, 3.63) is 48.0 Å². The molecule has 1 amide bonds. The quantitative estimate of drug-likeness (QED) is 0.550. The van der Waals surface area contributed by atoms with E-state index >= 15 is 0 Å². The third-order valence-electron chi connectivity index (χ3n) is 4.61. The van der Waals surface area contributed by atoms with Gasteiger partial charge in [0.1, 0.15) is 5.52 Å². The summed E-state index contributed by atoms with van der Waals surface area (Å²) in [5.74, 6) is -0.172. The summed E-state index contributed by atoms with van der Waals surface area (Å²) in [7, 11) is -0.597. The molecule has 1 aromatic heterocycles. The lowest BCUT2D eigenvalue weighted by Crippen LogP contribution is -2.22. The number of aryl methyl sites for hydroxylation is 1. The summed E-state index contributed by atoms with van der Waals surface area (Å²) in [4.78, 5) is 23.6.